The number of aromatic nitrogens is 4. The van der Waals surface area contributed by atoms with Crippen LogP contribution in [0.1, 0.15) is 39.2 Å². The van der Waals surface area contributed by atoms with Crippen LogP contribution in [0.25, 0.3) is 17.1 Å². The second-order valence-corrected chi connectivity index (χ2v) is 8.35. The van der Waals surface area contributed by atoms with E-state index >= 15 is 0 Å². The number of carbonyl (C=O) groups is 1. The third-order valence-corrected chi connectivity index (χ3v) is 5.52. The van der Waals surface area contributed by atoms with Gasteiger partial charge in [-0.15, -0.1) is 5.10 Å². The second kappa shape index (κ2) is 16.7. The quantitative estimate of drug-likeness (QED) is 0.0724. The average Bonchev–Trinajstić information content (AvgIpc) is 3.43. The lowest BCUT2D eigenvalue weighted by Gasteiger charge is -2.08. The van der Waals surface area contributed by atoms with Gasteiger partial charge in [0.1, 0.15) is 5.82 Å². The zero-order valence-electron chi connectivity index (χ0n) is 23.3. The zero-order valence-corrected chi connectivity index (χ0v) is 23.3. The summed E-state index contributed by atoms with van der Waals surface area (Å²) in [5.74, 6) is 2.06. The third-order valence-electron chi connectivity index (χ3n) is 5.52. The molecule has 10 heteroatoms. The van der Waals surface area contributed by atoms with E-state index in [9.17, 15) is 4.79 Å². The number of carbonyl (C=O) groups excluding carboxylic acids is 1. The minimum absolute atomic E-state index is 0.417. The highest BCUT2D eigenvalue weighted by atomic mass is 16.1. The highest BCUT2D eigenvalue weighted by molar-refractivity contribution is 6.00. The average molecular weight is 540 g/mol. The predicted octanol–water partition coefficient (Wildman–Crippen LogP) is 6.28. The maximum atomic E-state index is 9.75. The summed E-state index contributed by atoms with van der Waals surface area (Å²) in [5, 5.41) is 25.1. The Balaban J connectivity index is 0.000000434. The first-order chi connectivity index (χ1) is 19.4. The fourth-order valence-corrected chi connectivity index (χ4v) is 3.08. The monoisotopic (exact) mass is 539 g/mol. The number of nitrogens with two attached hydrogens (primary N) is 1. The molecule has 0 aliphatic heterocycles. The minimum atomic E-state index is 0.417. The van der Waals surface area contributed by atoms with Crippen LogP contribution in [-0.2, 0) is 4.79 Å². The molecule has 0 fully saturated rings. The summed E-state index contributed by atoms with van der Waals surface area (Å²) < 4.78 is 1.71. The van der Waals surface area contributed by atoms with Crippen LogP contribution in [0.2, 0.25) is 0 Å². The van der Waals surface area contributed by atoms with Crippen LogP contribution in [0.3, 0.4) is 0 Å². The molecule has 0 atom stereocenters. The number of pyridine rings is 2. The molecule has 0 spiro atoms. The largest absolute Gasteiger partial charge is 0.398 e. The smallest absolute Gasteiger partial charge is 0.162 e. The van der Waals surface area contributed by atoms with Gasteiger partial charge in [0.15, 0.2) is 17.9 Å². The Morgan fingerprint density at radius 2 is 1.85 bits per heavy atom. The van der Waals surface area contributed by atoms with Crippen molar-refractivity contribution in [2.45, 2.75) is 33.6 Å². The molecule has 4 rings (SSSR count). The first kappa shape index (κ1) is 31.1. The van der Waals surface area contributed by atoms with Gasteiger partial charge in [0.25, 0.3) is 0 Å². The zero-order chi connectivity index (χ0) is 29.3. The number of unbranched alkanes of at least 4 members (excludes halogenated alkanes) is 1. The lowest BCUT2D eigenvalue weighted by Crippen LogP contribution is -2.02. The van der Waals surface area contributed by atoms with Gasteiger partial charge in [0.05, 0.1) is 11.3 Å². The van der Waals surface area contributed by atoms with E-state index in [0.717, 1.165) is 29.0 Å². The first-order valence-electron chi connectivity index (χ1n) is 12.9. The van der Waals surface area contributed by atoms with Crippen molar-refractivity contribution in [3.05, 3.63) is 84.2 Å². The molecule has 3 aromatic heterocycles. The number of nitrogens with one attached hydrogen (secondary N) is 4. The topological polar surface area (TPSA) is 158 Å². The molecule has 0 unspecified atom stereocenters. The van der Waals surface area contributed by atoms with Gasteiger partial charge in [-0.25, -0.2) is 9.67 Å². The molecule has 4 aromatic rings. The van der Waals surface area contributed by atoms with Crippen molar-refractivity contribution in [2.24, 2.45) is 0 Å². The van der Waals surface area contributed by atoms with Gasteiger partial charge in [-0.3, -0.25) is 9.78 Å². The standard InChI is InChI=1S/C21H20N8.C5H7NO.C4H10/c1-24-19-6-4-7-20(27-19)29-13-16(18-5-2-3-10-25-18)21(28-29)26-15-8-9-17(23)14(11-15)12-22;1-2-5(3-6)4-7;1-3-4-2/h2-13,22H,23H2,1H3,(H,24,27)(H,26,28);2-4,6H,1H3;3-4H2,1-2H3/b;5-2+,6-3?;. The SMILES string of the molecule is C/C=C(\C=N)C=O.CCCC.CNc1cccc(-n2cc(-c3ccccn3)c(Nc3ccc(N)c(C=N)c3)n2)n1. The molecule has 1 aromatic carbocycles. The molecule has 3 heterocycles. The molecular formula is C30H37N9O. The molecule has 0 saturated carbocycles. The van der Waals surface area contributed by atoms with E-state index in [4.69, 9.17) is 21.7 Å². The van der Waals surface area contributed by atoms with Crippen LogP contribution in [0, 0.1) is 10.8 Å². The van der Waals surface area contributed by atoms with Gasteiger partial charge in [-0.05, 0) is 49.4 Å². The van der Waals surface area contributed by atoms with Crippen LogP contribution < -0.4 is 16.4 Å². The molecule has 10 nitrogen and oxygen atoms in total. The normalized spacial score (nSPS) is 10.2. The van der Waals surface area contributed by atoms with Crippen molar-refractivity contribution in [3.63, 3.8) is 0 Å². The number of rotatable bonds is 9. The van der Waals surface area contributed by atoms with Crippen LogP contribution in [0.5, 0.6) is 0 Å². The number of benzene rings is 1. The lowest BCUT2D eigenvalue weighted by atomic mass is 10.1. The maximum Gasteiger partial charge on any atom is 0.162 e. The number of aldehydes is 1. The Morgan fingerprint density at radius 1 is 1.07 bits per heavy atom. The Bertz CT molecular complexity index is 1400. The molecule has 0 aliphatic rings. The summed E-state index contributed by atoms with van der Waals surface area (Å²) >= 11 is 0. The second-order valence-electron chi connectivity index (χ2n) is 8.35. The summed E-state index contributed by atoms with van der Waals surface area (Å²) in [5.41, 5.74) is 9.89. The Labute approximate surface area is 235 Å². The van der Waals surface area contributed by atoms with E-state index in [1.165, 1.54) is 19.1 Å². The summed E-state index contributed by atoms with van der Waals surface area (Å²) in [4.78, 5) is 18.8. The van der Waals surface area contributed by atoms with Gasteiger partial charge in [0.2, 0.25) is 0 Å². The molecule has 0 amide bonds. The first-order valence-corrected chi connectivity index (χ1v) is 12.9. The molecule has 0 radical (unpaired) electrons. The van der Waals surface area contributed by atoms with Crippen molar-refractivity contribution >= 4 is 41.7 Å². The molecule has 0 bridgehead atoms. The molecule has 208 valence electrons. The fourth-order valence-electron chi connectivity index (χ4n) is 3.08. The van der Waals surface area contributed by atoms with E-state index in [1.54, 1.807) is 29.9 Å². The summed E-state index contributed by atoms with van der Waals surface area (Å²) in [7, 11) is 1.82. The maximum absolute atomic E-state index is 9.75. The number of anilines is 4. The number of hydrogen-bond acceptors (Lipinski definition) is 9. The lowest BCUT2D eigenvalue weighted by molar-refractivity contribution is -0.104. The van der Waals surface area contributed by atoms with Crippen LogP contribution in [-0.4, -0.2) is 45.5 Å². The van der Waals surface area contributed by atoms with Crippen LogP contribution >= 0.6 is 0 Å². The van der Waals surface area contributed by atoms with Crippen molar-refractivity contribution in [1.29, 1.82) is 10.8 Å². The van der Waals surface area contributed by atoms with Crippen molar-refractivity contribution in [3.8, 4) is 17.1 Å². The molecule has 40 heavy (non-hydrogen) atoms. The third kappa shape index (κ3) is 9.02. The molecule has 0 saturated heterocycles. The fraction of sp³-hybridized carbons (Fsp3) is 0.200. The minimum Gasteiger partial charge on any atom is -0.398 e. The summed E-state index contributed by atoms with van der Waals surface area (Å²) in [6, 6.07) is 16.8. The van der Waals surface area contributed by atoms with E-state index in [1.807, 2.05) is 61.8 Å². The summed E-state index contributed by atoms with van der Waals surface area (Å²) in [6.45, 7) is 6.08. The summed E-state index contributed by atoms with van der Waals surface area (Å²) in [6.07, 6.45) is 10.7. The van der Waals surface area contributed by atoms with Gasteiger partial charge >= 0.3 is 0 Å². The predicted molar refractivity (Wildman–Crippen MR) is 165 cm³/mol. The Kier molecular flexibility index (Phi) is 13.0. The van der Waals surface area contributed by atoms with Crippen molar-refractivity contribution < 1.29 is 4.79 Å². The molecule has 6 N–H and O–H groups in total. The Morgan fingerprint density at radius 3 is 2.40 bits per heavy atom. The van der Waals surface area contributed by atoms with Gasteiger partial charge < -0.3 is 27.2 Å². The number of nitrogens with zero attached hydrogens (tertiary/aromatic N) is 4. The number of allylic oxidation sites excluding steroid dienone is 2. The van der Waals surface area contributed by atoms with E-state index in [2.05, 4.69) is 34.4 Å². The van der Waals surface area contributed by atoms with Crippen LogP contribution in [0.15, 0.2) is 78.6 Å². The van der Waals surface area contributed by atoms with E-state index < -0.39 is 0 Å². The van der Waals surface area contributed by atoms with E-state index in [0.29, 0.717) is 34.7 Å². The molecule has 0 aliphatic carbocycles. The van der Waals surface area contributed by atoms with Crippen molar-refractivity contribution in [2.75, 3.05) is 23.4 Å². The van der Waals surface area contributed by atoms with Crippen LogP contribution in [0.4, 0.5) is 23.0 Å². The number of nitrogen functional groups attached to an aromatic ring is 1. The van der Waals surface area contributed by atoms with Gasteiger partial charge in [-0.1, -0.05) is 44.9 Å². The number of hydrogen-bond donors (Lipinski definition) is 5. The van der Waals surface area contributed by atoms with Gasteiger partial charge in [-0.2, -0.15) is 0 Å². The Hall–Kier alpha value is -5.12. The highest BCUT2D eigenvalue weighted by Gasteiger charge is 2.15. The van der Waals surface area contributed by atoms with Gasteiger partial charge in [0, 0.05) is 54.4 Å². The van der Waals surface area contributed by atoms with Crippen molar-refractivity contribution in [1.82, 2.24) is 19.7 Å². The molecular weight excluding hydrogens is 502 g/mol. The highest BCUT2D eigenvalue weighted by Crippen LogP contribution is 2.30. The van der Waals surface area contributed by atoms with E-state index in [-0.39, 0.29) is 0 Å².